The van der Waals surface area contributed by atoms with Crippen LogP contribution in [0.3, 0.4) is 0 Å². The van der Waals surface area contributed by atoms with Crippen molar-refractivity contribution < 1.29 is 39.3 Å². The minimum absolute atomic E-state index is 0.107. The molecule has 0 unspecified atom stereocenters. The highest BCUT2D eigenvalue weighted by Crippen LogP contribution is 2.30. The fourth-order valence-electron chi connectivity index (χ4n) is 2.71. The first kappa shape index (κ1) is 24.8. The largest absolute Gasteiger partial charge is 0.416 e. The number of halogens is 5. The molecule has 0 atom stereocenters. The number of carbonyl (C=O) groups is 1. The molecular weight excluding hydrogens is 483 g/mol. The lowest BCUT2D eigenvalue weighted by molar-refractivity contribution is -0.137. The Kier molecular flexibility index (Phi) is 7.30. The van der Waals surface area contributed by atoms with E-state index < -0.39 is 50.7 Å². The standard InChI is InChI=1S/C22H15F5N2O4S/c23-17-7-10-19(24)15(11-17)12-21(30)29-28-13-14-3-1-2-4-20(14)33-34(31,32)18-8-5-16(6-9-18)22(25,26)27/h1-11,13H,12H2,(H,29,30)/b28-13+. The first-order chi connectivity index (χ1) is 16.0. The van der Waals surface area contributed by atoms with Crippen molar-refractivity contribution in [1.29, 1.82) is 0 Å². The van der Waals surface area contributed by atoms with E-state index in [1.54, 1.807) is 0 Å². The average molecular weight is 498 g/mol. The highest BCUT2D eigenvalue weighted by atomic mass is 32.2. The fourth-order valence-corrected chi connectivity index (χ4v) is 3.66. The molecular formula is C22H15F5N2O4S. The lowest BCUT2D eigenvalue weighted by Gasteiger charge is -2.11. The van der Waals surface area contributed by atoms with E-state index in [1.807, 2.05) is 0 Å². The summed E-state index contributed by atoms with van der Waals surface area (Å²) in [7, 11) is -4.48. The second-order valence-corrected chi connectivity index (χ2v) is 8.35. The molecule has 6 nitrogen and oxygen atoms in total. The van der Waals surface area contributed by atoms with E-state index in [2.05, 4.69) is 10.5 Å². The van der Waals surface area contributed by atoms with Crippen LogP contribution in [-0.4, -0.2) is 20.5 Å². The van der Waals surface area contributed by atoms with Gasteiger partial charge in [-0.25, -0.2) is 14.2 Å². The molecule has 0 saturated carbocycles. The van der Waals surface area contributed by atoms with Crippen molar-refractivity contribution in [3.63, 3.8) is 0 Å². The van der Waals surface area contributed by atoms with Gasteiger partial charge in [-0.2, -0.15) is 26.7 Å². The van der Waals surface area contributed by atoms with Crippen molar-refractivity contribution >= 4 is 22.2 Å². The van der Waals surface area contributed by atoms with Gasteiger partial charge in [0.1, 0.15) is 16.5 Å². The molecule has 0 aliphatic carbocycles. The van der Waals surface area contributed by atoms with E-state index in [0.29, 0.717) is 12.1 Å². The van der Waals surface area contributed by atoms with Crippen molar-refractivity contribution in [3.05, 3.63) is 95.1 Å². The lowest BCUT2D eigenvalue weighted by Crippen LogP contribution is -2.20. The topological polar surface area (TPSA) is 84.8 Å². The number of hydrogen-bond acceptors (Lipinski definition) is 5. The Hall–Kier alpha value is -3.80. The predicted molar refractivity (Wildman–Crippen MR) is 111 cm³/mol. The van der Waals surface area contributed by atoms with E-state index in [9.17, 15) is 35.2 Å². The molecule has 12 heteroatoms. The smallest absolute Gasteiger partial charge is 0.378 e. The van der Waals surface area contributed by atoms with E-state index >= 15 is 0 Å². The summed E-state index contributed by atoms with van der Waals surface area (Å²) < 4.78 is 94.9. The quantitative estimate of drug-likeness (QED) is 0.226. The fraction of sp³-hybridized carbons (Fsp3) is 0.0909. The maximum atomic E-state index is 13.6. The van der Waals surface area contributed by atoms with Gasteiger partial charge in [-0.3, -0.25) is 4.79 Å². The van der Waals surface area contributed by atoms with Crippen molar-refractivity contribution in [2.45, 2.75) is 17.5 Å². The van der Waals surface area contributed by atoms with Crippen LogP contribution in [0.2, 0.25) is 0 Å². The third-order valence-corrected chi connectivity index (χ3v) is 5.59. The predicted octanol–water partition coefficient (Wildman–Crippen LogP) is 4.44. The number of alkyl halides is 3. The Morgan fingerprint density at radius 1 is 1.00 bits per heavy atom. The molecule has 0 aliphatic rings. The van der Waals surface area contributed by atoms with E-state index in [0.717, 1.165) is 36.5 Å². The number of benzene rings is 3. The van der Waals surface area contributed by atoms with Crippen LogP contribution in [0.15, 0.2) is 76.7 Å². The Bertz CT molecular complexity index is 1320. The normalized spacial score (nSPS) is 12.0. The zero-order valence-electron chi connectivity index (χ0n) is 17.0. The number of hydrazone groups is 1. The van der Waals surface area contributed by atoms with Gasteiger partial charge in [0.25, 0.3) is 0 Å². The SMILES string of the molecule is O=C(Cc1cc(F)ccc1F)N/N=C/c1ccccc1OS(=O)(=O)c1ccc(C(F)(F)F)cc1. The van der Waals surface area contributed by atoms with Gasteiger partial charge in [0.2, 0.25) is 5.91 Å². The van der Waals surface area contributed by atoms with Crippen LogP contribution in [0.25, 0.3) is 0 Å². The van der Waals surface area contributed by atoms with Gasteiger partial charge in [-0.15, -0.1) is 0 Å². The molecule has 178 valence electrons. The highest BCUT2D eigenvalue weighted by Gasteiger charge is 2.31. The number of amides is 1. The number of nitrogens with zero attached hydrogens (tertiary/aromatic N) is 1. The summed E-state index contributed by atoms with van der Waals surface area (Å²) >= 11 is 0. The van der Waals surface area contributed by atoms with E-state index in [4.69, 9.17) is 4.18 Å². The van der Waals surface area contributed by atoms with E-state index in [-0.39, 0.29) is 16.9 Å². The first-order valence-electron chi connectivity index (χ1n) is 9.42. The van der Waals surface area contributed by atoms with Gasteiger partial charge < -0.3 is 4.18 Å². The van der Waals surface area contributed by atoms with Gasteiger partial charge in [0.05, 0.1) is 18.2 Å². The molecule has 3 aromatic rings. The van der Waals surface area contributed by atoms with Gasteiger partial charge in [0, 0.05) is 11.1 Å². The van der Waals surface area contributed by atoms with Gasteiger partial charge in [0.15, 0.2) is 5.75 Å². The third kappa shape index (κ3) is 6.38. The molecule has 0 saturated heterocycles. The minimum atomic E-state index is -4.63. The van der Waals surface area contributed by atoms with Crippen LogP contribution >= 0.6 is 0 Å². The summed E-state index contributed by atoms with van der Waals surface area (Å²) in [4.78, 5) is 11.4. The number of rotatable bonds is 7. The average Bonchev–Trinajstić information content (AvgIpc) is 2.77. The molecule has 34 heavy (non-hydrogen) atoms. The Labute approximate surface area is 190 Å². The van der Waals surface area contributed by atoms with Crippen molar-refractivity contribution in [2.75, 3.05) is 0 Å². The van der Waals surface area contributed by atoms with Crippen molar-refractivity contribution in [2.24, 2.45) is 5.10 Å². The molecule has 1 N–H and O–H groups in total. The molecule has 0 radical (unpaired) electrons. The third-order valence-electron chi connectivity index (χ3n) is 4.34. The Morgan fingerprint density at radius 3 is 2.35 bits per heavy atom. The summed E-state index contributed by atoms with van der Waals surface area (Å²) in [6.07, 6.45) is -4.07. The molecule has 0 fully saturated rings. The summed E-state index contributed by atoms with van der Waals surface area (Å²) in [5.41, 5.74) is 1.00. The second kappa shape index (κ2) is 10.00. The molecule has 3 aromatic carbocycles. The van der Waals surface area contributed by atoms with Gasteiger partial charge in [-0.1, -0.05) is 12.1 Å². The summed E-state index contributed by atoms with van der Waals surface area (Å²) in [5, 5.41) is 3.65. The van der Waals surface area contributed by atoms with Crippen LogP contribution in [-0.2, 0) is 27.5 Å². The van der Waals surface area contributed by atoms with Crippen molar-refractivity contribution in [3.8, 4) is 5.75 Å². The molecule has 0 heterocycles. The molecule has 0 spiro atoms. The highest BCUT2D eigenvalue weighted by molar-refractivity contribution is 7.87. The molecule has 1 amide bonds. The molecule has 0 aliphatic heterocycles. The number of para-hydroxylation sites is 1. The summed E-state index contributed by atoms with van der Waals surface area (Å²) in [6, 6.07) is 11.0. The zero-order chi connectivity index (χ0) is 24.9. The first-order valence-corrected chi connectivity index (χ1v) is 10.8. The second-order valence-electron chi connectivity index (χ2n) is 6.80. The number of nitrogens with one attached hydrogen (secondary N) is 1. The monoisotopic (exact) mass is 498 g/mol. The van der Waals surface area contributed by atoms with Crippen molar-refractivity contribution in [1.82, 2.24) is 5.43 Å². The molecule has 3 rings (SSSR count). The van der Waals surface area contributed by atoms with Crippen LogP contribution in [0.4, 0.5) is 22.0 Å². The Balaban J connectivity index is 1.71. The summed E-state index contributed by atoms with van der Waals surface area (Å²) in [5.74, 6) is -2.46. The van der Waals surface area contributed by atoms with Gasteiger partial charge in [-0.05, 0) is 54.6 Å². The van der Waals surface area contributed by atoms with Crippen LogP contribution < -0.4 is 9.61 Å². The minimum Gasteiger partial charge on any atom is -0.378 e. The Morgan fingerprint density at radius 2 is 1.68 bits per heavy atom. The molecule has 0 aromatic heterocycles. The lowest BCUT2D eigenvalue weighted by atomic mass is 10.1. The van der Waals surface area contributed by atoms with Crippen LogP contribution in [0.1, 0.15) is 16.7 Å². The number of carbonyl (C=O) groups excluding carboxylic acids is 1. The van der Waals surface area contributed by atoms with Crippen LogP contribution in [0.5, 0.6) is 5.75 Å². The number of hydrogen-bond donors (Lipinski definition) is 1. The van der Waals surface area contributed by atoms with E-state index in [1.165, 1.54) is 24.3 Å². The zero-order valence-corrected chi connectivity index (χ0v) is 17.8. The molecule has 0 bridgehead atoms. The maximum absolute atomic E-state index is 13.6. The maximum Gasteiger partial charge on any atom is 0.416 e. The van der Waals surface area contributed by atoms with Crippen LogP contribution in [0, 0.1) is 11.6 Å². The summed E-state index contributed by atoms with van der Waals surface area (Å²) in [6.45, 7) is 0. The van der Waals surface area contributed by atoms with Gasteiger partial charge >= 0.3 is 16.3 Å².